The molecule has 12 heteroatoms. The Bertz CT molecular complexity index is 353. The molecule has 0 bridgehead atoms. The first-order chi connectivity index (χ1) is 8.20. The molecular weight excluding hydrogens is 315 g/mol. The molecule has 0 spiro atoms. The standard InChI is InChI=1S/C8H16NO8P.2Na/c1-4(10)9-5-2-16-6(8(12)7(5)11)3-17-18(13,14)15;;/h5-8,11-12H,2-3H2,1H3,(H,9,10)(H2,13,14,15);;/q;2*+1/p-2/t5-,6-,7-,8-;;/m1../s1. The summed E-state index contributed by atoms with van der Waals surface area (Å²) in [4.78, 5) is 31.3. The third kappa shape index (κ3) is 8.19. The summed E-state index contributed by atoms with van der Waals surface area (Å²) < 4.78 is 19.3. The Morgan fingerprint density at radius 2 is 1.95 bits per heavy atom. The van der Waals surface area contributed by atoms with E-state index in [-0.39, 0.29) is 65.7 Å². The van der Waals surface area contributed by atoms with Crippen LogP contribution in [0.3, 0.4) is 0 Å². The molecule has 1 rings (SSSR count). The number of nitrogens with one attached hydrogen (secondary N) is 1. The Morgan fingerprint density at radius 3 is 2.40 bits per heavy atom. The molecule has 1 amide bonds. The maximum absolute atomic E-state index is 10.8. The SMILES string of the molecule is CC(=O)N[C@@H]1CO[C@H](COP(=O)([O-])[O-])[C@@H](O)[C@@H]1O.[Na+].[Na+]. The zero-order chi connectivity index (χ0) is 13.9. The van der Waals surface area contributed by atoms with Gasteiger partial charge in [-0.2, -0.15) is 0 Å². The first-order valence-corrected chi connectivity index (χ1v) is 6.58. The van der Waals surface area contributed by atoms with Gasteiger partial charge in [-0.05, 0) is 0 Å². The van der Waals surface area contributed by atoms with Gasteiger partial charge in [0.1, 0.15) is 18.3 Å². The fraction of sp³-hybridized carbons (Fsp3) is 0.875. The Kier molecular flexibility index (Phi) is 12.2. The van der Waals surface area contributed by atoms with Crippen molar-refractivity contribution < 1.29 is 97.7 Å². The van der Waals surface area contributed by atoms with Crippen molar-refractivity contribution in [2.75, 3.05) is 13.2 Å². The van der Waals surface area contributed by atoms with Crippen LogP contribution in [0.4, 0.5) is 0 Å². The molecule has 0 saturated carbocycles. The molecule has 0 aromatic rings. The molecule has 106 valence electrons. The van der Waals surface area contributed by atoms with Gasteiger partial charge in [-0.3, -0.25) is 4.79 Å². The number of rotatable bonds is 4. The summed E-state index contributed by atoms with van der Waals surface area (Å²) in [6, 6.07) is -0.806. The van der Waals surface area contributed by atoms with E-state index in [0.29, 0.717) is 0 Å². The molecule has 1 fully saturated rings. The molecule has 1 heterocycles. The van der Waals surface area contributed by atoms with Gasteiger partial charge in [-0.1, -0.05) is 0 Å². The van der Waals surface area contributed by atoms with Crippen LogP contribution < -0.4 is 74.2 Å². The van der Waals surface area contributed by atoms with Crippen LogP contribution in [0.2, 0.25) is 0 Å². The molecule has 3 N–H and O–H groups in total. The molecule has 0 unspecified atom stereocenters. The van der Waals surface area contributed by atoms with Crippen molar-refractivity contribution >= 4 is 13.7 Å². The molecule has 0 aromatic heterocycles. The van der Waals surface area contributed by atoms with Crippen molar-refractivity contribution in [1.82, 2.24) is 5.32 Å². The third-order valence-corrected chi connectivity index (χ3v) is 2.88. The fourth-order valence-electron chi connectivity index (χ4n) is 1.58. The number of carbonyl (C=O) groups is 1. The third-order valence-electron chi connectivity index (χ3n) is 2.42. The molecule has 1 aliphatic rings. The van der Waals surface area contributed by atoms with Crippen LogP contribution in [0, 0.1) is 0 Å². The summed E-state index contributed by atoms with van der Waals surface area (Å²) in [5, 5.41) is 21.6. The monoisotopic (exact) mass is 329 g/mol. The number of carbonyl (C=O) groups excluding carboxylic acids is 1. The smallest absolute Gasteiger partial charge is 0.790 e. The van der Waals surface area contributed by atoms with Crippen molar-refractivity contribution in [3.63, 3.8) is 0 Å². The number of amides is 1. The number of aliphatic hydroxyl groups is 2. The summed E-state index contributed by atoms with van der Waals surface area (Å²) in [6.07, 6.45) is -3.96. The summed E-state index contributed by atoms with van der Waals surface area (Å²) >= 11 is 0. The van der Waals surface area contributed by atoms with Crippen molar-refractivity contribution in [2.24, 2.45) is 0 Å². The van der Waals surface area contributed by atoms with Gasteiger partial charge in [0, 0.05) is 6.92 Å². The predicted molar refractivity (Wildman–Crippen MR) is 52.9 cm³/mol. The largest absolute Gasteiger partial charge is 1.00 e. The Hall–Kier alpha value is 1.46. The maximum Gasteiger partial charge on any atom is 1.00 e. The van der Waals surface area contributed by atoms with Crippen molar-refractivity contribution in [3.05, 3.63) is 0 Å². The quantitative estimate of drug-likeness (QED) is 0.340. The number of hydrogen-bond donors (Lipinski definition) is 3. The van der Waals surface area contributed by atoms with Crippen LogP contribution in [0.15, 0.2) is 0 Å². The van der Waals surface area contributed by atoms with Gasteiger partial charge in [0.05, 0.1) is 27.1 Å². The molecule has 0 aliphatic carbocycles. The van der Waals surface area contributed by atoms with Gasteiger partial charge in [0.2, 0.25) is 5.91 Å². The van der Waals surface area contributed by atoms with Crippen LogP contribution in [-0.2, 0) is 18.6 Å². The van der Waals surface area contributed by atoms with Crippen LogP contribution >= 0.6 is 7.82 Å². The van der Waals surface area contributed by atoms with E-state index in [1.165, 1.54) is 6.92 Å². The zero-order valence-corrected chi connectivity index (χ0v) is 16.4. The van der Waals surface area contributed by atoms with Crippen LogP contribution in [-0.4, -0.2) is 53.7 Å². The van der Waals surface area contributed by atoms with Gasteiger partial charge in [0.25, 0.3) is 0 Å². The summed E-state index contributed by atoms with van der Waals surface area (Å²) in [6.45, 7) is 0.419. The molecule has 1 aliphatic heterocycles. The van der Waals surface area contributed by atoms with Crippen LogP contribution in [0.5, 0.6) is 0 Å². The number of phosphoric ester groups is 1. The van der Waals surface area contributed by atoms with E-state index in [1.807, 2.05) is 0 Å². The van der Waals surface area contributed by atoms with Crippen LogP contribution in [0.1, 0.15) is 6.92 Å². The molecule has 0 radical (unpaired) electrons. The minimum absolute atomic E-state index is 0. The summed E-state index contributed by atoms with van der Waals surface area (Å²) in [5.41, 5.74) is 0. The number of ether oxygens (including phenoxy) is 1. The molecule has 0 aromatic carbocycles. The minimum Gasteiger partial charge on any atom is -0.790 e. The second kappa shape index (κ2) is 10.3. The molecule has 20 heavy (non-hydrogen) atoms. The second-order valence-electron chi connectivity index (χ2n) is 3.90. The first kappa shape index (κ1) is 23.7. The van der Waals surface area contributed by atoms with Gasteiger partial charge < -0.3 is 39.1 Å². The Labute approximate surface area is 160 Å². The Balaban J connectivity index is 0. The average molecular weight is 329 g/mol. The van der Waals surface area contributed by atoms with Gasteiger partial charge in [-0.25, -0.2) is 0 Å². The van der Waals surface area contributed by atoms with Crippen molar-refractivity contribution in [3.8, 4) is 0 Å². The Morgan fingerprint density at radius 1 is 1.40 bits per heavy atom. The van der Waals surface area contributed by atoms with E-state index in [0.717, 1.165) is 0 Å². The number of hydrogen-bond acceptors (Lipinski definition) is 8. The zero-order valence-electron chi connectivity index (χ0n) is 11.5. The average Bonchev–Trinajstić information content (AvgIpc) is 2.22. The normalized spacial score (nSPS) is 29.9. The van der Waals surface area contributed by atoms with Crippen molar-refractivity contribution in [1.29, 1.82) is 0 Å². The first-order valence-electron chi connectivity index (χ1n) is 5.12. The predicted octanol–water partition coefficient (Wildman–Crippen LogP) is -9.54. The van der Waals surface area contributed by atoms with E-state index >= 15 is 0 Å². The maximum atomic E-state index is 10.8. The van der Waals surface area contributed by atoms with Crippen LogP contribution in [0.25, 0.3) is 0 Å². The second-order valence-corrected chi connectivity index (χ2v) is 5.06. The minimum atomic E-state index is -5.16. The summed E-state index contributed by atoms with van der Waals surface area (Å²) in [5.74, 6) is -0.409. The van der Waals surface area contributed by atoms with E-state index in [2.05, 4.69) is 9.84 Å². The van der Waals surface area contributed by atoms with Gasteiger partial charge >= 0.3 is 59.1 Å². The van der Waals surface area contributed by atoms with E-state index in [9.17, 15) is 29.4 Å². The molecule has 1 saturated heterocycles. The molecule has 4 atom stereocenters. The number of phosphoric acid groups is 1. The van der Waals surface area contributed by atoms with Gasteiger partial charge in [0.15, 0.2) is 0 Å². The van der Waals surface area contributed by atoms with Crippen molar-refractivity contribution in [2.45, 2.75) is 31.3 Å². The topological polar surface area (TPSA) is 151 Å². The van der Waals surface area contributed by atoms with E-state index < -0.39 is 44.7 Å². The fourth-order valence-corrected chi connectivity index (χ4v) is 1.91. The van der Waals surface area contributed by atoms with Gasteiger partial charge in [-0.15, -0.1) is 0 Å². The van der Waals surface area contributed by atoms with E-state index in [4.69, 9.17) is 4.74 Å². The molecule has 9 nitrogen and oxygen atoms in total. The summed E-state index contributed by atoms with van der Waals surface area (Å²) in [7, 11) is -5.16. The number of aliphatic hydroxyl groups excluding tert-OH is 2. The van der Waals surface area contributed by atoms with E-state index in [1.54, 1.807) is 0 Å². The molecular formula is C8H14NNa2O8P.